The summed E-state index contributed by atoms with van der Waals surface area (Å²) in [6.07, 6.45) is 2.14. The summed E-state index contributed by atoms with van der Waals surface area (Å²) in [6, 6.07) is 4.98. The molecule has 108 valence electrons. The van der Waals surface area contributed by atoms with Gasteiger partial charge in [-0.2, -0.15) is 0 Å². The highest BCUT2D eigenvalue weighted by atomic mass is 35.5. The van der Waals surface area contributed by atoms with Crippen LogP contribution in [0.2, 0.25) is 5.02 Å². The lowest BCUT2D eigenvalue weighted by Gasteiger charge is -2.03. The second kappa shape index (κ2) is 7.38. The number of hydrogen-bond acceptors (Lipinski definition) is 3. The highest BCUT2D eigenvalue weighted by Crippen LogP contribution is 2.19. The van der Waals surface area contributed by atoms with Crippen LogP contribution in [0.5, 0.6) is 0 Å². The van der Waals surface area contributed by atoms with Crippen molar-refractivity contribution in [2.75, 3.05) is 20.3 Å². The number of imidazole rings is 1. The minimum Gasteiger partial charge on any atom is -0.383 e. The third-order valence-electron chi connectivity index (χ3n) is 2.87. The lowest BCUT2D eigenvalue weighted by Crippen LogP contribution is -2.18. The lowest BCUT2D eigenvalue weighted by molar-refractivity contribution is 0.199. The Hall–Kier alpha value is -1.43. The number of benzene rings is 1. The Morgan fingerprint density at radius 2 is 2.30 bits per heavy atom. The molecule has 0 radical (unpaired) electrons. The Bertz CT molecular complexity index is 559. The zero-order chi connectivity index (χ0) is 14.4. The van der Waals surface area contributed by atoms with Crippen LogP contribution in [-0.2, 0) is 17.7 Å². The first kappa shape index (κ1) is 15.0. The van der Waals surface area contributed by atoms with Crippen LogP contribution in [-0.4, -0.2) is 30.2 Å². The minimum absolute atomic E-state index is 0.135. The van der Waals surface area contributed by atoms with E-state index in [0.717, 1.165) is 18.1 Å². The highest BCUT2D eigenvalue weighted by molar-refractivity contribution is 6.30. The molecule has 0 aliphatic heterocycles. The zero-order valence-corrected chi connectivity index (χ0v) is 12.0. The monoisotopic (exact) mass is 297 g/mol. The van der Waals surface area contributed by atoms with Crippen molar-refractivity contribution in [2.24, 2.45) is 0 Å². The summed E-state index contributed by atoms with van der Waals surface area (Å²) in [6.45, 7) is 2.11. The molecule has 0 bridgehead atoms. The maximum atomic E-state index is 13.8. The second-order valence-corrected chi connectivity index (χ2v) is 4.82. The topological polar surface area (TPSA) is 49.9 Å². The smallest absolute Gasteiger partial charge is 0.145 e. The number of ether oxygens (including phenoxy) is 1. The van der Waals surface area contributed by atoms with E-state index < -0.39 is 0 Å². The second-order valence-electron chi connectivity index (χ2n) is 4.41. The van der Waals surface area contributed by atoms with Crippen molar-refractivity contribution in [2.45, 2.75) is 13.0 Å². The van der Waals surface area contributed by atoms with Gasteiger partial charge in [0.15, 0.2) is 0 Å². The maximum Gasteiger partial charge on any atom is 0.145 e. The molecule has 1 aromatic heterocycles. The largest absolute Gasteiger partial charge is 0.383 e. The molecule has 0 aliphatic carbocycles. The van der Waals surface area contributed by atoms with Gasteiger partial charge in [-0.1, -0.05) is 23.7 Å². The van der Waals surface area contributed by atoms with E-state index in [1.54, 1.807) is 25.4 Å². The average molecular weight is 298 g/mol. The molecule has 20 heavy (non-hydrogen) atoms. The number of aromatic nitrogens is 2. The summed E-state index contributed by atoms with van der Waals surface area (Å²) < 4.78 is 18.7. The number of halogens is 2. The number of hydrogen-bond donors (Lipinski definition) is 2. The van der Waals surface area contributed by atoms with Crippen molar-refractivity contribution >= 4 is 11.6 Å². The fourth-order valence-electron chi connectivity index (χ4n) is 1.85. The van der Waals surface area contributed by atoms with Gasteiger partial charge in [-0.05, 0) is 11.6 Å². The average Bonchev–Trinajstić information content (AvgIpc) is 2.88. The summed E-state index contributed by atoms with van der Waals surface area (Å²) in [5, 5.41) is 3.34. The molecule has 0 atom stereocenters. The highest BCUT2D eigenvalue weighted by Gasteiger charge is 2.09. The van der Waals surface area contributed by atoms with E-state index in [2.05, 4.69) is 15.3 Å². The minimum atomic E-state index is -0.384. The summed E-state index contributed by atoms with van der Waals surface area (Å²) in [5.41, 5.74) is 1.49. The summed E-state index contributed by atoms with van der Waals surface area (Å²) in [5.74, 6) is 0.333. The van der Waals surface area contributed by atoms with Crippen LogP contribution in [0.25, 0.3) is 0 Å². The zero-order valence-electron chi connectivity index (χ0n) is 11.2. The van der Waals surface area contributed by atoms with E-state index in [4.69, 9.17) is 16.3 Å². The first-order valence-corrected chi connectivity index (χ1v) is 6.74. The Balaban J connectivity index is 1.94. The Labute approximate surface area is 122 Å². The third-order valence-corrected chi connectivity index (χ3v) is 3.16. The van der Waals surface area contributed by atoms with E-state index in [9.17, 15) is 4.39 Å². The number of nitrogens with zero attached hydrogens (tertiary/aromatic N) is 1. The van der Waals surface area contributed by atoms with Crippen LogP contribution in [0.3, 0.4) is 0 Å². The maximum absolute atomic E-state index is 13.8. The molecule has 4 nitrogen and oxygen atoms in total. The quantitative estimate of drug-likeness (QED) is 0.772. The van der Waals surface area contributed by atoms with Gasteiger partial charge in [0.1, 0.15) is 11.6 Å². The molecule has 1 aromatic carbocycles. The predicted octanol–water partition coefficient (Wildman–Crippen LogP) is 2.53. The number of H-pyrrole nitrogens is 1. The Morgan fingerprint density at radius 1 is 1.45 bits per heavy atom. The SMILES string of the molecule is COCCNCc1cnc(Cc2cccc(Cl)c2F)[nH]1. The summed E-state index contributed by atoms with van der Waals surface area (Å²) in [4.78, 5) is 7.41. The first-order chi connectivity index (χ1) is 9.70. The fourth-order valence-corrected chi connectivity index (χ4v) is 2.04. The number of rotatable bonds is 7. The van der Waals surface area contributed by atoms with Crippen LogP contribution < -0.4 is 5.32 Å². The molecule has 0 aliphatic rings. The molecule has 0 saturated carbocycles. The standard InChI is InChI=1S/C14H17ClFN3O/c1-20-6-5-17-8-11-9-18-13(19-11)7-10-3-2-4-12(15)14(10)16/h2-4,9,17H,5-8H2,1H3,(H,18,19). The molecule has 6 heteroatoms. The summed E-state index contributed by atoms with van der Waals surface area (Å²) in [7, 11) is 1.66. The van der Waals surface area contributed by atoms with Crippen LogP contribution in [0.15, 0.2) is 24.4 Å². The van der Waals surface area contributed by atoms with Crippen molar-refractivity contribution in [1.82, 2.24) is 15.3 Å². The van der Waals surface area contributed by atoms with Crippen molar-refractivity contribution in [1.29, 1.82) is 0 Å². The molecular weight excluding hydrogens is 281 g/mol. The van der Waals surface area contributed by atoms with Gasteiger partial charge in [0, 0.05) is 38.5 Å². The van der Waals surface area contributed by atoms with Crippen molar-refractivity contribution < 1.29 is 9.13 Å². The van der Waals surface area contributed by atoms with Gasteiger partial charge in [-0.3, -0.25) is 0 Å². The molecule has 0 fully saturated rings. The Morgan fingerprint density at radius 3 is 3.10 bits per heavy atom. The first-order valence-electron chi connectivity index (χ1n) is 6.36. The molecule has 0 saturated heterocycles. The fraction of sp³-hybridized carbons (Fsp3) is 0.357. The van der Waals surface area contributed by atoms with Crippen LogP contribution in [0, 0.1) is 5.82 Å². The van der Waals surface area contributed by atoms with Gasteiger partial charge >= 0.3 is 0 Å². The van der Waals surface area contributed by atoms with Gasteiger partial charge in [0.05, 0.1) is 11.6 Å². The van der Waals surface area contributed by atoms with Crippen molar-refractivity contribution in [3.05, 3.63) is 52.3 Å². The van der Waals surface area contributed by atoms with Crippen molar-refractivity contribution in [3.63, 3.8) is 0 Å². The van der Waals surface area contributed by atoms with Crippen LogP contribution in [0.4, 0.5) is 4.39 Å². The van der Waals surface area contributed by atoms with Crippen molar-refractivity contribution in [3.8, 4) is 0 Å². The predicted molar refractivity (Wildman–Crippen MR) is 76.4 cm³/mol. The molecular formula is C14H17ClFN3O. The van der Waals surface area contributed by atoms with Gasteiger partial charge in [0.2, 0.25) is 0 Å². The number of aromatic amines is 1. The Kier molecular flexibility index (Phi) is 5.52. The van der Waals surface area contributed by atoms with E-state index in [0.29, 0.717) is 25.1 Å². The van der Waals surface area contributed by atoms with Gasteiger partial charge in [-0.25, -0.2) is 9.37 Å². The van der Waals surface area contributed by atoms with Gasteiger partial charge < -0.3 is 15.0 Å². The normalized spacial score (nSPS) is 10.9. The van der Waals surface area contributed by atoms with E-state index in [1.165, 1.54) is 6.07 Å². The molecule has 2 rings (SSSR count). The third kappa shape index (κ3) is 4.03. The molecule has 0 amide bonds. The van der Waals surface area contributed by atoms with Gasteiger partial charge in [-0.15, -0.1) is 0 Å². The van der Waals surface area contributed by atoms with Gasteiger partial charge in [0.25, 0.3) is 0 Å². The van der Waals surface area contributed by atoms with Crippen LogP contribution >= 0.6 is 11.6 Å². The molecule has 0 unspecified atom stereocenters. The lowest BCUT2D eigenvalue weighted by atomic mass is 10.1. The molecule has 0 spiro atoms. The summed E-state index contributed by atoms with van der Waals surface area (Å²) >= 11 is 5.76. The van der Waals surface area contributed by atoms with E-state index in [-0.39, 0.29) is 10.8 Å². The molecule has 1 heterocycles. The number of methoxy groups -OCH3 is 1. The van der Waals surface area contributed by atoms with Crippen LogP contribution in [0.1, 0.15) is 17.1 Å². The van der Waals surface area contributed by atoms with E-state index >= 15 is 0 Å². The number of nitrogens with one attached hydrogen (secondary N) is 2. The molecule has 2 N–H and O–H groups in total. The van der Waals surface area contributed by atoms with E-state index in [1.807, 2.05) is 0 Å². The molecule has 2 aromatic rings.